The molecule has 1 aliphatic rings. The van der Waals surface area contributed by atoms with Crippen LogP contribution in [0.15, 0.2) is 54.7 Å². The number of halogens is 1. The number of ketones is 1. The fourth-order valence-corrected chi connectivity index (χ4v) is 3.45. The Labute approximate surface area is 206 Å². The molecule has 0 bridgehead atoms. The second-order valence-corrected chi connectivity index (χ2v) is 8.69. The second-order valence-electron chi connectivity index (χ2n) is 8.69. The number of piperazine rings is 1. The van der Waals surface area contributed by atoms with E-state index < -0.39 is 17.5 Å². The number of benzene rings is 2. The molecule has 1 fully saturated rings. The average Bonchev–Trinajstić information content (AvgIpc) is 3.29. The van der Waals surface area contributed by atoms with E-state index in [2.05, 4.69) is 18.8 Å². The Kier molecular flexibility index (Phi) is 10.6. The zero-order valence-electron chi connectivity index (χ0n) is 21.2. The maximum Gasteiger partial charge on any atom is 0.295 e. The lowest BCUT2D eigenvalue weighted by Gasteiger charge is -2.34. The molecule has 1 N–H and O–H groups in total. The van der Waals surface area contributed by atoms with E-state index >= 15 is 0 Å². The molecule has 0 spiro atoms. The predicted octanol–water partition coefficient (Wildman–Crippen LogP) is 4.07. The Morgan fingerprint density at radius 2 is 1.43 bits per heavy atom. The highest BCUT2D eigenvalue weighted by Crippen LogP contribution is 2.22. The lowest BCUT2D eigenvalue weighted by Crippen LogP contribution is -2.52. The highest BCUT2D eigenvalue weighted by Gasteiger charge is 2.30. The van der Waals surface area contributed by atoms with Gasteiger partial charge >= 0.3 is 0 Å². The van der Waals surface area contributed by atoms with E-state index in [1.54, 1.807) is 35.2 Å². The number of nitrogens with zero attached hydrogens (tertiary/aromatic N) is 3. The van der Waals surface area contributed by atoms with Crippen molar-refractivity contribution in [3.63, 3.8) is 0 Å². The number of hydrogen-bond acceptors (Lipinski definition) is 4. The topological polar surface area (TPSA) is 76.7 Å². The maximum atomic E-state index is 14.1. The van der Waals surface area contributed by atoms with Crippen LogP contribution in [0.2, 0.25) is 0 Å². The van der Waals surface area contributed by atoms with Gasteiger partial charge in [-0.3, -0.25) is 14.4 Å². The summed E-state index contributed by atoms with van der Waals surface area (Å²) in [4.78, 5) is 45.7. The van der Waals surface area contributed by atoms with E-state index in [1.807, 2.05) is 32.1 Å². The summed E-state index contributed by atoms with van der Waals surface area (Å²) >= 11 is 0. The minimum absolute atomic E-state index is 0.0286. The molecule has 0 radical (unpaired) electrons. The third kappa shape index (κ3) is 7.48. The molecule has 2 amide bonds. The number of aromatic amines is 1. The minimum atomic E-state index is -0.751. The Hall–Kier alpha value is -3.52. The van der Waals surface area contributed by atoms with Crippen LogP contribution in [-0.4, -0.2) is 84.6 Å². The van der Waals surface area contributed by atoms with Crippen LogP contribution in [0.3, 0.4) is 0 Å². The van der Waals surface area contributed by atoms with Gasteiger partial charge < -0.3 is 19.7 Å². The first-order valence-corrected chi connectivity index (χ1v) is 11.8. The van der Waals surface area contributed by atoms with Gasteiger partial charge in [0.15, 0.2) is 0 Å². The minimum Gasteiger partial charge on any atom is -0.360 e. The number of hydrogen-bond donors (Lipinski definition) is 1. The number of H-pyrrole nitrogens is 1. The van der Waals surface area contributed by atoms with Crippen molar-refractivity contribution in [2.24, 2.45) is 0 Å². The number of carbonyl (C=O) groups is 3. The molecule has 1 aliphatic heterocycles. The van der Waals surface area contributed by atoms with Crippen LogP contribution in [0.4, 0.5) is 4.39 Å². The summed E-state index contributed by atoms with van der Waals surface area (Å²) in [5.41, 5.74) is 1.09. The number of aromatic nitrogens is 1. The lowest BCUT2D eigenvalue weighted by molar-refractivity contribution is -0.127. The summed E-state index contributed by atoms with van der Waals surface area (Å²) in [5, 5.41) is 0.124. The van der Waals surface area contributed by atoms with Gasteiger partial charge in [0.1, 0.15) is 5.82 Å². The summed E-state index contributed by atoms with van der Waals surface area (Å²) < 4.78 is 14.1. The van der Waals surface area contributed by atoms with E-state index in [9.17, 15) is 18.8 Å². The largest absolute Gasteiger partial charge is 0.360 e. The molecule has 2 heterocycles. The van der Waals surface area contributed by atoms with E-state index in [1.165, 1.54) is 29.7 Å². The van der Waals surface area contributed by atoms with E-state index in [0.29, 0.717) is 24.2 Å². The van der Waals surface area contributed by atoms with Gasteiger partial charge in [-0.25, -0.2) is 4.39 Å². The van der Waals surface area contributed by atoms with Crippen LogP contribution < -0.4 is 0 Å². The van der Waals surface area contributed by atoms with E-state index in [4.69, 9.17) is 0 Å². The first-order valence-electron chi connectivity index (χ1n) is 11.8. The summed E-state index contributed by atoms with van der Waals surface area (Å²) in [6.45, 7) is 5.45. The molecule has 0 unspecified atom stereocenters. The molecular formula is C27H35FN4O3. The van der Waals surface area contributed by atoms with Crippen molar-refractivity contribution < 1.29 is 18.8 Å². The van der Waals surface area contributed by atoms with Crippen LogP contribution in [0.25, 0.3) is 10.9 Å². The fourth-order valence-electron chi connectivity index (χ4n) is 3.45. The van der Waals surface area contributed by atoms with E-state index in [0.717, 1.165) is 0 Å². The number of rotatable bonds is 3. The maximum absolute atomic E-state index is 14.1. The molecule has 8 heteroatoms. The molecule has 4 rings (SSSR count). The Morgan fingerprint density at radius 3 is 2.00 bits per heavy atom. The van der Waals surface area contributed by atoms with Crippen molar-refractivity contribution >= 4 is 28.5 Å². The predicted molar refractivity (Wildman–Crippen MR) is 137 cm³/mol. The molecule has 188 valence electrons. The second kappa shape index (κ2) is 13.4. The quantitative estimate of drug-likeness (QED) is 0.451. The van der Waals surface area contributed by atoms with Gasteiger partial charge in [-0.2, -0.15) is 0 Å². The monoisotopic (exact) mass is 482 g/mol. The molecule has 0 atom stereocenters. The van der Waals surface area contributed by atoms with Crippen molar-refractivity contribution in [3.8, 4) is 0 Å². The van der Waals surface area contributed by atoms with Gasteiger partial charge in [0.05, 0.1) is 5.56 Å². The van der Waals surface area contributed by atoms with Gasteiger partial charge in [-0.1, -0.05) is 44.5 Å². The standard InChI is InChI=1S/C21H18FN3O3.C3H9N.C3H8/c22-16-7-4-8-17-18(16)15(13-23-17)19(26)21(28)25-11-9-24(10-12-25)20(27)14-5-2-1-3-6-14;1-4(2)3;1-3-2/h1-8,13,23H,9-12H2;1-3H3;3H2,1-2H3. The highest BCUT2D eigenvalue weighted by molar-refractivity contribution is 6.44. The number of fused-ring (bicyclic) bond motifs is 1. The van der Waals surface area contributed by atoms with Crippen LogP contribution in [0.1, 0.15) is 41.0 Å². The lowest BCUT2D eigenvalue weighted by atomic mass is 10.1. The van der Waals surface area contributed by atoms with E-state index in [-0.39, 0.29) is 29.9 Å². The molecule has 35 heavy (non-hydrogen) atoms. The fraction of sp³-hybridized carbons (Fsp3) is 0.370. The molecule has 3 aromatic rings. The van der Waals surface area contributed by atoms with Gasteiger partial charge in [-0.05, 0) is 45.4 Å². The Morgan fingerprint density at radius 1 is 0.886 bits per heavy atom. The Bertz CT molecular complexity index is 1120. The number of carbonyl (C=O) groups excluding carboxylic acids is 3. The van der Waals surface area contributed by atoms with Gasteiger partial charge in [0, 0.05) is 48.8 Å². The van der Waals surface area contributed by atoms with Gasteiger partial charge in [0.25, 0.3) is 17.6 Å². The molecule has 0 aliphatic carbocycles. The third-order valence-electron chi connectivity index (χ3n) is 4.97. The molecule has 2 aromatic carbocycles. The third-order valence-corrected chi connectivity index (χ3v) is 4.97. The highest BCUT2D eigenvalue weighted by atomic mass is 19.1. The van der Waals surface area contributed by atoms with Gasteiger partial charge in [-0.15, -0.1) is 0 Å². The summed E-state index contributed by atoms with van der Waals surface area (Å²) in [7, 11) is 6.00. The summed E-state index contributed by atoms with van der Waals surface area (Å²) in [6.07, 6.45) is 2.61. The van der Waals surface area contributed by atoms with Crippen LogP contribution >= 0.6 is 0 Å². The number of amides is 2. The zero-order chi connectivity index (χ0) is 26.0. The SMILES string of the molecule is CCC.CN(C)C.O=C(C(=O)N1CCN(C(=O)c2ccccc2)CC1)c1c[nH]c2cccc(F)c12. The van der Waals surface area contributed by atoms with Crippen molar-refractivity contribution in [1.82, 2.24) is 19.7 Å². The number of Topliss-reactive ketones (excluding diaryl/α,β-unsaturated/α-hetero) is 1. The first kappa shape index (κ1) is 27.7. The molecule has 0 saturated carbocycles. The van der Waals surface area contributed by atoms with Crippen LogP contribution in [0, 0.1) is 5.82 Å². The summed E-state index contributed by atoms with van der Waals surface area (Å²) in [5.74, 6) is -2.08. The van der Waals surface area contributed by atoms with Gasteiger partial charge in [0.2, 0.25) is 0 Å². The van der Waals surface area contributed by atoms with Crippen molar-refractivity contribution in [1.29, 1.82) is 0 Å². The molecule has 1 aromatic heterocycles. The van der Waals surface area contributed by atoms with Crippen LogP contribution in [0.5, 0.6) is 0 Å². The van der Waals surface area contributed by atoms with Crippen molar-refractivity contribution in [2.75, 3.05) is 47.3 Å². The number of nitrogens with one attached hydrogen (secondary N) is 1. The smallest absolute Gasteiger partial charge is 0.295 e. The molecular weight excluding hydrogens is 447 g/mol. The van der Waals surface area contributed by atoms with Crippen molar-refractivity contribution in [3.05, 3.63) is 71.7 Å². The van der Waals surface area contributed by atoms with Crippen LogP contribution in [-0.2, 0) is 4.79 Å². The first-order chi connectivity index (χ1) is 16.7. The average molecular weight is 483 g/mol. The Balaban J connectivity index is 0.000000551. The summed E-state index contributed by atoms with van der Waals surface area (Å²) in [6, 6.07) is 13.4. The molecule has 7 nitrogen and oxygen atoms in total. The van der Waals surface area contributed by atoms with Crippen molar-refractivity contribution in [2.45, 2.75) is 20.3 Å². The normalized spacial score (nSPS) is 13.0. The zero-order valence-corrected chi connectivity index (χ0v) is 21.2. The molecule has 1 saturated heterocycles.